The van der Waals surface area contributed by atoms with Gasteiger partial charge in [0.25, 0.3) is 0 Å². The molecule has 6 heteroatoms. The lowest BCUT2D eigenvalue weighted by atomic mass is 10.00. The lowest BCUT2D eigenvalue weighted by Gasteiger charge is -2.25. The first kappa shape index (κ1) is 16.0. The molecule has 0 radical (unpaired) electrons. The summed E-state index contributed by atoms with van der Waals surface area (Å²) < 4.78 is 0. The topological polar surface area (TPSA) is 60.9 Å². The van der Waals surface area contributed by atoms with Crippen molar-refractivity contribution in [3.8, 4) is 0 Å². The van der Waals surface area contributed by atoms with E-state index < -0.39 is 0 Å². The zero-order valence-corrected chi connectivity index (χ0v) is 14.7. The average Bonchev–Trinajstić information content (AvgIpc) is 3.22. The van der Waals surface area contributed by atoms with Crippen LogP contribution in [-0.4, -0.2) is 64.1 Å². The number of amides is 3. The van der Waals surface area contributed by atoms with Gasteiger partial charge in [-0.05, 0) is 24.8 Å². The summed E-state index contributed by atoms with van der Waals surface area (Å²) in [5.41, 5.74) is 0.970. The van der Waals surface area contributed by atoms with Gasteiger partial charge in [0.05, 0.1) is 24.4 Å². The summed E-state index contributed by atoms with van der Waals surface area (Å²) in [6, 6.07) is 9.94. The molecule has 3 atom stereocenters. The largest absolute Gasteiger partial charge is 0.338 e. The molecule has 136 valence electrons. The van der Waals surface area contributed by atoms with Crippen LogP contribution in [0, 0.1) is 11.8 Å². The van der Waals surface area contributed by atoms with Crippen molar-refractivity contribution in [2.75, 3.05) is 19.6 Å². The molecule has 5 rings (SSSR count). The van der Waals surface area contributed by atoms with Crippen LogP contribution in [0.25, 0.3) is 0 Å². The predicted molar refractivity (Wildman–Crippen MR) is 93.7 cm³/mol. The van der Waals surface area contributed by atoms with Crippen LogP contribution in [-0.2, 0) is 20.9 Å². The van der Waals surface area contributed by atoms with Crippen LogP contribution in [0.3, 0.4) is 0 Å². The Labute approximate surface area is 152 Å². The molecule has 0 spiro atoms. The van der Waals surface area contributed by atoms with Gasteiger partial charge in [-0.25, -0.2) is 0 Å². The summed E-state index contributed by atoms with van der Waals surface area (Å²) in [5, 5.41) is 0. The number of rotatable bonds is 4. The van der Waals surface area contributed by atoms with Crippen molar-refractivity contribution in [2.45, 2.75) is 37.9 Å². The van der Waals surface area contributed by atoms with Crippen LogP contribution < -0.4 is 0 Å². The van der Waals surface area contributed by atoms with Crippen molar-refractivity contribution >= 4 is 17.7 Å². The molecular formula is C20H23N3O3. The average molecular weight is 353 g/mol. The van der Waals surface area contributed by atoms with Crippen LogP contribution in [0.1, 0.15) is 24.8 Å². The van der Waals surface area contributed by atoms with E-state index in [9.17, 15) is 14.4 Å². The minimum atomic E-state index is -0.283. The number of carbonyl (C=O) groups is 3. The maximum absolute atomic E-state index is 12.8. The van der Waals surface area contributed by atoms with Crippen LogP contribution in [0.2, 0.25) is 0 Å². The Morgan fingerprint density at radius 3 is 2.12 bits per heavy atom. The lowest BCUT2D eigenvalue weighted by Crippen LogP contribution is -2.44. The predicted octanol–water partition coefficient (Wildman–Crippen LogP) is 0.867. The maximum atomic E-state index is 12.8. The van der Waals surface area contributed by atoms with Crippen molar-refractivity contribution in [2.24, 2.45) is 11.8 Å². The minimum absolute atomic E-state index is 0.0733. The number of carbonyl (C=O) groups excluding carboxylic acids is 3. The molecule has 0 aromatic heterocycles. The first-order valence-corrected chi connectivity index (χ1v) is 9.57. The standard InChI is InChI=1S/C20H23N3O3/c24-18-15-11-21(17-8-9-22(20(17)26)14-6-7-14)12-16(15)19(25)23(18)10-13-4-2-1-3-5-13/h1-5,14-17H,6-12H2. The van der Waals surface area contributed by atoms with Gasteiger partial charge in [0.15, 0.2) is 0 Å². The fourth-order valence-corrected chi connectivity index (χ4v) is 4.79. The molecule has 4 fully saturated rings. The SMILES string of the molecule is O=C1C2CN(C3CCN(C4CC4)C3=O)CC2C(=O)N1Cc1ccccc1. The van der Waals surface area contributed by atoms with Crippen molar-refractivity contribution in [1.82, 2.24) is 14.7 Å². The summed E-state index contributed by atoms with van der Waals surface area (Å²) >= 11 is 0. The van der Waals surface area contributed by atoms with Crippen molar-refractivity contribution in [3.05, 3.63) is 35.9 Å². The first-order chi connectivity index (χ1) is 12.6. The van der Waals surface area contributed by atoms with Gasteiger partial charge >= 0.3 is 0 Å². The van der Waals surface area contributed by atoms with Gasteiger partial charge in [-0.3, -0.25) is 24.2 Å². The smallest absolute Gasteiger partial charge is 0.240 e. The third-order valence-electron chi connectivity index (χ3n) is 6.34. The Morgan fingerprint density at radius 1 is 0.846 bits per heavy atom. The summed E-state index contributed by atoms with van der Waals surface area (Å²) in [7, 11) is 0. The van der Waals surface area contributed by atoms with E-state index in [0.717, 1.165) is 31.4 Å². The van der Waals surface area contributed by atoms with Crippen LogP contribution in [0.4, 0.5) is 0 Å². The van der Waals surface area contributed by atoms with Crippen molar-refractivity contribution < 1.29 is 14.4 Å². The molecule has 3 heterocycles. The van der Waals surface area contributed by atoms with Gasteiger partial charge in [0.1, 0.15) is 0 Å². The second-order valence-electron chi connectivity index (χ2n) is 7.98. The Bertz CT molecular complexity index is 737. The van der Waals surface area contributed by atoms with E-state index in [1.807, 2.05) is 35.2 Å². The fraction of sp³-hybridized carbons (Fsp3) is 0.550. The Hall–Kier alpha value is -2.21. The number of hydrogen-bond donors (Lipinski definition) is 0. The molecular weight excluding hydrogens is 330 g/mol. The molecule has 26 heavy (non-hydrogen) atoms. The highest BCUT2D eigenvalue weighted by molar-refractivity contribution is 6.05. The van der Waals surface area contributed by atoms with E-state index in [0.29, 0.717) is 25.7 Å². The molecule has 1 aromatic carbocycles. The Balaban J connectivity index is 1.27. The normalized spacial score (nSPS) is 32.0. The van der Waals surface area contributed by atoms with Crippen LogP contribution >= 0.6 is 0 Å². The molecule has 3 aliphatic heterocycles. The molecule has 3 saturated heterocycles. The van der Waals surface area contributed by atoms with Gasteiger partial charge in [-0.1, -0.05) is 30.3 Å². The second-order valence-corrected chi connectivity index (χ2v) is 7.98. The zero-order valence-electron chi connectivity index (χ0n) is 14.7. The summed E-state index contributed by atoms with van der Waals surface area (Å²) in [4.78, 5) is 43.8. The molecule has 1 aromatic rings. The Morgan fingerprint density at radius 2 is 1.50 bits per heavy atom. The van der Waals surface area contributed by atoms with Gasteiger partial charge in [-0.2, -0.15) is 0 Å². The molecule has 3 amide bonds. The molecule has 3 unspecified atom stereocenters. The van der Waals surface area contributed by atoms with Gasteiger partial charge < -0.3 is 4.90 Å². The van der Waals surface area contributed by atoms with E-state index in [1.165, 1.54) is 4.90 Å². The fourth-order valence-electron chi connectivity index (χ4n) is 4.79. The highest BCUT2D eigenvalue weighted by Gasteiger charge is 2.55. The molecule has 1 aliphatic carbocycles. The Kier molecular flexibility index (Phi) is 3.64. The van der Waals surface area contributed by atoms with E-state index >= 15 is 0 Å². The van der Waals surface area contributed by atoms with Crippen molar-refractivity contribution in [3.63, 3.8) is 0 Å². The molecule has 4 aliphatic rings. The highest BCUT2D eigenvalue weighted by Crippen LogP contribution is 2.38. The highest BCUT2D eigenvalue weighted by atomic mass is 16.2. The number of hydrogen-bond acceptors (Lipinski definition) is 4. The number of fused-ring (bicyclic) bond motifs is 1. The van der Waals surface area contributed by atoms with E-state index in [1.54, 1.807) is 0 Å². The van der Waals surface area contributed by atoms with E-state index in [-0.39, 0.29) is 35.6 Å². The third kappa shape index (κ3) is 2.47. The second kappa shape index (κ2) is 5.91. The molecule has 0 bridgehead atoms. The van der Waals surface area contributed by atoms with E-state index in [2.05, 4.69) is 4.90 Å². The number of imide groups is 1. The number of likely N-dealkylation sites (tertiary alicyclic amines) is 3. The lowest BCUT2D eigenvalue weighted by molar-refractivity contribution is -0.142. The van der Waals surface area contributed by atoms with Crippen molar-refractivity contribution in [1.29, 1.82) is 0 Å². The van der Waals surface area contributed by atoms with Gasteiger partial charge in [0.2, 0.25) is 17.7 Å². The first-order valence-electron chi connectivity index (χ1n) is 9.57. The number of benzene rings is 1. The monoisotopic (exact) mass is 353 g/mol. The molecule has 6 nitrogen and oxygen atoms in total. The summed E-state index contributed by atoms with van der Waals surface area (Å²) in [6.07, 6.45) is 3.06. The van der Waals surface area contributed by atoms with Gasteiger partial charge in [0, 0.05) is 25.7 Å². The van der Waals surface area contributed by atoms with Crippen LogP contribution in [0.5, 0.6) is 0 Å². The zero-order chi connectivity index (χ0) is 17.8. The third-order valence-corrected chi connectivity index (χ3v) is 6.34. The molecule has 0 N–H and O–H groups in total. The van der Waals surface area contributed by atoms with E-state index in [4.69, 9.17) is 0 Å². The minimum Gasteiger partial charge on any atom is -0.338 e. The van der Waals surface area contributed by atoms with Crippen LogP contribution in [0.15, 0.2) is 30.3 Å². The molecule has 1 saturated carbocycles. The number of nitrogens with zero attached hydrogens (tertiary/aromatic N) is 3. The van der Waals surface area contributed by atoms with Gasteiger partial charge in [-0.15, -0.1) is 0 Å². The quantitative estimate of drug-likeness (QED) is 0.754. The summed E-state index contributed by atoms with van der Waals surface area (Å²) in [6.45, 7) is 2.25. The summed E-state index contributed by atoms with van der Waals surface area (Å²) in [5.74, 6) is -0.511. The maximum Gasteiger partial charge on any atom is 0.240 e.